The zero-order valence-corrected chi connectivity index (χ0v) is 11.2. The van der Waals surface area contributed by atoms with Crippen molar-refractivity contribution < 1.29 is 9.66 Å². The van der Waals surface area contributed by atoms with Crippen LogP contribution in [0.4, 0.5) is 5.69 Å². The molecule has 21 heavy (non-hydrogen) atoms. The fourth-order valence-corrected chi connectivity index (χ4v) is 1.92. The van der Waals surface area contributed by atoms with Crippen LogP contribution >= 0.6 is 11.6 Å². The minimum atomic E-state index is -0.501. The summed E-state index contributed by atoms with van der Waals surface area (Å²) in [6, 6.07) is 9.23. The Morgan fingerprint density at radius 3 is 2.86 bits per heavy atom. The van der Waals surface area contributed by atoms with Crippen molar-refractivity contribution in [2.45, 2.75) is 0 Å². The second-order valence-corrected chi connectivity index (χ2v) is 4.37. The molecule has 0 spiro atoms. The third kappa shape index (κ3) is 2.72. The molecule has 8 heteroatoms. The number of ether oxygens (including phenoxy) is 1. The molecule has 7 nitrogen and oxygen atoms in total. The number of non-ortho nitro benzene ring substituents is 1. The third-order valence-corrected chi connectivity index (χ3v) is 2.82. The second-order valence-electron chi connectivity index (χ2n) is 4.03. The molecule has 0 radical (unpaired) electrons. The molecule has 0 saturated heterocycles. The molecule has 0 N–H and O–H groups in total. The number of pyridine rings is 1. The van der Waals surface area contributed by atoms with Crippen LogP contribution < -0.4 is 4.74 Å². The molecule has 0 bridgehead atoms. The lowest BCUT2D eigenvalue weighted by Gasteiger charge is -2.07. The van der Waals surface area contributed by atoms with Crippen molar-refractivity contribution in [2.75, 3.05) is 0 Å². The fourth-order valence-electron chi connectivity index (χ4n) is 1.76. The lowest BCUT2D eigenvalue weighted by atomic mass is 10.3. The summed E-state index contributed by atoms with van der Waals surface area (Å²) in [5.41, 5.74) is 0.313. The van der Waals surface area contributed by atoms with Crippen LogP contribution in [0.15, 0.2) is 42.6 Å². The van der Waals surface area contributed by atoms with Crippen LogP contribution in [-0.4, -0.2) is 19.9 Å². The van der Waals surface area contributed by atoms with E-state index < -0.39 is 4.92 Å². The number of nitro benzene ring substituents is 1. The number of halogens is 1. The number of hydrogen-bond acceptors (Lipinski definition) is 6. The van der Waals surface area contributed by atoms with Gasteiger partial charge in [0.1, 0.15) is 5.75 Å². The second kappa shape index (κ2) is 5.29. The summed E-state index contributed by atoms with van der Waals surface area (Å²) in [7, 11) is 0. The van der Waals surface area contributed by atoms with E-state index in [1.54, 1.807) is 24.4 Å². The van der Waals surface area contributed by atoms with Gasteiger partial charge >= 0.3 is 0 Å². The summed E-state index contributed by atoms with van der Waals surface area (Å²) in [5, 5.41) is 11.3. The van der Waals surface area contributed by atoms with Crippen LogP contribution in [0.5, 0.6) is 11.6 Å². The Bertz CT molecular complexity index is 841. The number of nitrogens with zero attached hydrogens (tertiary/aromatic N) is 4. The van der Waals surface area contributed by atoms with Crippen molar-refractivity contribution >= 4 is 28.3 Å². The Kier molecular flexibility index (Phi) is 3.33. The quantitative estimate of drug-likeness (QED) is 0.418. The lowest BCUT2D eigenvalue weighted by Crippen LogP contribution is -1.95. The van der Waals surface area contributed by atoms with Crippen molar-refractivity contribution in [1.82, 2.24) is 15.0 Å². The molecule has 2 aromatic heterocycles. The van der Waals surface area contributed by atoms with Crippen LogP contribution in [0, 0.1) is 10.1 Å². The Labute approximate surface area is 123 Å². The van der Waals surface area contributed by atoms with E-state index in [4.69, 9.17) is 16.3 Å². The van der Waals surface area contributed by atoms with Crippen molar-refractivity contribution in [2.24, 2.45) is 0 Å². The van der Waals surface area contributed by atoms with Crippen molar-refractivity contribution in [3.05, 3.63) is 58.0 Å². The molecule has 3 aromatic rings. The van der Waals surface area contributed by atoms with Crippen LogP contribution in [-0.2, 0) is 0 Å². The fraction of sp³-hybridized carbons (Fsp3) is 0. The Balaban J connectivity index is 2.05. The van der Waals surface area contributed by atoms with E-state index in [1.807, 2.05) is 0 Å². The van der Waals surface area contributed by atoms with Gasteiger partial charge in [0.15, 0.2) is 5.65 Å². The van der Waals surface area contributed by atoms with Gasteiger partial charge in [0.05, 0.1) is 16.4 Å². The van der Waals surface area contributed by atoms with Gasteiger partial charge in [-0.2, -0.15) is 9.97 Å². The van der Waals surface area contributed by atoms with E-state index in [1.165, 1.54) is 18.2 Å². The normalized spacial score (nSPS) is 10.5. The highest BCUT2D eigenvalue weighted by Gasteiger charge is 2.12. The summed E-state index contributed by atoms with van der Waals surface area (Å²) in [6.07, 6.45) is 1.57. The molecule has 0 aliphatic carbocycles. The SMILES string of the molecule is O=[N+]([O-])c1cccc(Oc2nc(Cl)nc3ncccc23)c1. The summed E-state index contributed by atoms with van der Waals surface area (Å²) in [5.74, 6) is 0.475. The van der Waals surface area contributed by atoms with Crippen LogP contribution in [0.2, 0.25) is 5.28 Å². The van der Waals surface area contributed by atoms with Gasteiger partial charge in [0, 0.05) is 12.3 Å². The Morgan fingerprint density at radius 2 is 2.05 bits per heavy atom. The van der Waals surface area contributed by atoms with Gasteiger partial charge in [0.25, 0.3) is 5.69 Å². The standard InChI is InChI=1S/C13H7ClN4O3/c14-13-16-11-10(5-2-6-15-11)12(17-13)21-9-4-1-3-8(7-9)18(19)20/h1-7H. The first kappa shape index (κ1) is 13.2. The maximum Gasteiger partial charge on any atom is 0.273 e. The maximum atomic E-state index is 10.8. The summed E-state index contributed by atoms with van der Waals surface area (Å²) in [6.45, 7) is 0. The topological polar surface area (TPSA) is 91.0 Å². The monoisotopic (exact) mass is 302 g/mol. The van der Waals surface area contributed by atoms with E-state index in [0.29, 0.717) is 11.0 Å². The molecular weight excluding hydrogens is 296 g/mol. The molecular formula is C13H7ClN4O3. The molecule has 0 fully saturated rings. The van der Waals surface area contributed by atoms with Gasteiger partial charge in [0.2, 0.25) is 11.2 Å². The molecule has 0 amide bonds. The van der Waals surface area contributed by atoms with Gasteiger partial charge in [-0.1, -0.05) is 6.07 Å². The number of hydrogen-bond donors (Lipinski definition) is 0. The summed E-state index contributed by atoms with van der Waals surface area (Å²) >= 11 is 5.82. The summed E-state index contributed by atoms with van der Waals surface area (Å²) in [4.78, 5) is 22.3. The number of nitro groups is 1. The predicted molar refractivity (Wildman–Crippen MR) is 75.5 cm³/mol. The predicted octanol–water partition coefficient (Wildman–Crippen LogP) is 3.38. The highest BCUT2D eigenvalue weighted by Crippen LogP contribution is 2.29. The van der Waals surface area contributed by atoms with E-state index in [9.17, 15) is 10.1 Å². The number of rotatable bonds is 3. The highest BCUT2D eigenvalue weighted by atomic mass is 35.5. The molecule has 1 aromatic carbocycles. The van der Waals surface area contributed by atoms with E-state index in [-0.39, 0.29) is 22.6 Å². The molecule has 0 unspecified atom stereocenters. The minimum absolute atomic E-state index is 0.0124. The smallest absolute Gasteiger partial charge is 0.273 e. The molecule has 3 rings (SSSR count). The van der Waals surface area contributed by atoms with Gasteiger partial charge < -0.3 is 4.74 Å². The first-order valence-corrected chi connectivity index (χ1v) is 6.22. The lowest BCUT2D eigenvalue weighted by molar-refractivity contribution is -0.384. The van der Waals surface area contributed by atoms with Gasteiger partial charge in [-0.3, -0.25) is 10.1 Å². The molecule has 0 aliphatic rings. The Morgan fingerprint density at radius 1 is 1.19 bits per heavy atom. The largest absolute Gasteiger partial charge is 0.438 e. The van der Waals surface area contributed by atoms with E-state index >= 15 is 0 Å². The average Bonchev–Trinajstić information content (AvgIpc) is 2.47. The number of aromatic nitrogens is 3. The molecule has 104 valence electrons. The van der Waals surface area contributed by atoms with Gasteiger partial charge in [-0.25, -0.2) is 4.98 Å². The molecule has 0 saturated carbocycles. The third-order valence-electron chi connectivity index (χ3n) is 2.65. The maximum absolute atomic E-state index is 10.8. The zero-order valence-electron chi connectivity index (χ0n) is 10.4. The molecule has 0 aliphatic heterocycles. The van der Waals surface area contributed by atoms with Crippen LogP contribution in [0.1, 0.15) is 0 Å². The first-order chi connectivity index (χ1) is 10.1. The van der Waals surface area contributed by atoms with Gasteiger partial charge in [-0.05, 0) is 29.8 Å². The minimum Gasteiger partial charge on any atom is -0.438 e. The van der Waals surface area contributed by atoms with Crippen molar-refractivity contribution in [3.63, 3.8) is 0 Å². The highest BCUT2D eigenvalue weighted by molar-refractivity contribution is 6.28. The van der Waals surface area contributed by atoms with Gasteiger partial charge in [-0.15, -0.1) is 0 Å². The first-order valence-electron chi connectivity index (χ1n) is 5.84. The zero-order chi connectivity index (χ0) is 14.8. The van der Waals surface area contributed by atoms with Crippen molar-refractivity contribution in [1.29, 1.82) is 0 Å². The average molecular weight is 303 g/mol. The number of fused-ring (bicyclic) bond motifs is 1. The van der Waals surface area contributed by atoms with E-state index in [0.717, 1.165) is 0 Å². The number of benzene rings is 1. The van der Waals surface area contributed by atoms with Crippen molar-refractivity contribution in [3.8, 4) is 11.6 Å². The van der Waals surface area contributed by atoms with Crippen LogP contribution in [0.25, 0.3) is 11.0 Å². The molecule has 2 heterocycles. The van der Waals surface area contributed by atoms with E-state index in [2.05, 4.69) is 15.0 Å². The summed E-state index contributed by atoms with van der Waals surface area (Å²) < 4.78 is 5.58. The Hall–Kier alpha value is -2.80. The van der Waals surface area contributed by atoms with Crippen LogP contribution in [0.3, 0.4) is 0 Å². The molecule has 0 atom stereocenters.